The molecule has 2 aromatic carbocycles. The van der Waals surface area contributed by atoms with Crippen LogP contribution < -0.4 is 20.7 Å². The van der Waals surface area contributed by atoms with Gasteiger partial charge in [-0.2, -0.15) is 0 Å². The summed E-state index contributed by atoms with van der Waals surface area (Å²) < 4.78 is 15.6. The molecule has 10 nitrogen and oxygen atoms in total. The predicted octanol–water partition coefficient (Wildman–Crippen LogP) is 3.10. The van der Waals surface area contributed by atoms with E-state index in [0.717, 1.165) is 5.56 Å². The van der Waals surface area contributed by atoms with Crippen molar-refractivity contribution in [3.05, 3.63) is 60.2 Å². The zero-order chi connectivity index (χ0) is 27.6. The van der Waals surface area contributed by atoms with Crippen LogP contribution in [-0.4, -0.2) is 54.7 Å². The maximum Gasteiger partial charge on any atom is 0.408 e. The van der Waals surface area contributed by atoms with Gasteiger partial charge in [-0.3, -0.25) is 9.59 Å². The van der Waals surface area contributed by atoms with Gasteiger partial charge < -0.3 is 30.2 Å². The lowest BCUT2D eigenvalue weighted by Crippen LogP contribution is -2.55. The Morgan fingerprint density at radius 2 is 1.38 bits per heavy atom. The van der Waals surface area contributed by atoms with Crippen LogP contribution in [0.5, 0.6) is 11.5 Å². The van der Waals surface area contributed by atoms with Crippen molar-refractivity contribution in [3.8, 4) is 11.5 Å². The molecule has 0 aliphatic carbocycles. The highest BCUT2D eigenvalue weighted by molar-refractivity contribution is 5.93. The quantitative estimate of drug-likeness (QED) is 0.416. The second kappa shape index (κ2) is 13.3. The van der Waals surface area contributed by atoms with E-state index in [0.29, 0.717) is 11.5 Å². The molecular weight excluding hydrogens is 478 g/mol. The second-order valence-corrected chi connectivity index (χ2v) is 9.45. The molecule has 0 aromatic heterocycles. The molecule has 200 valence electrons. The Morgan fingerprint density at radius 1 is 0.784 bits per heavy atom. The zero-order valence-electron chi connectivity index (χ0n) is 22.0. The van der Waals surface area contributed by atoms with E-state index in [-0.39, 0.29) is 6.42 Å². The number of hydrogen-bond donors (Lipinski definition) is 3. The fourth-order valence-electron chi connectivity index (χ4n) is 3.16. The van der Waals surface area contributed by atoms with E-state index >= 15 is 0 Å². The number of amides is 3. The van der Waals surface area contributed by atoms with Crippen molar-refractivity contribution in [2.45, 2.75) is 64.8 Å². The maximum absolute atomic E-state index is 13.0. The third kappa shape index (κ3) is 10.2. The third-order valence-electron chi connectivity index (χ3n) is 5.02. The first kappa shape index (κ1) is 29.2. The molecule has 3 amide bonds. The highest BCUT2D eigenvalue weighted by atomic mass is 16.6. The van der Waals surface area contributed by atoms with Gasteiger partial charge in [-0.15, -0.1) is 0 Å². The van der Waals surface area contributed by atoms with Crippen LogP contribution in [0.15, 0.2) is 54.6 Å². The average molecular weight is 514 g/mol. The Labute approximate surface area is 217 Å². The van der Waals surface area contributed by atoms with Gasteiger partial charge in [-0.05, 0) is 64.4 Å². The first-order valence-electron chi connectivity index (χ1n) is 11.9. The van der Waals surface area contributed by atoms with Crippen LogP contribution >= 0.6 is 0 Å². The fourth-order valence-corrected chi connectivity index (χ4v) is 3.16. The summed E-state index contributed by atoms with van der Waals surface area (Å²) in [5.74, 6) is -0.514. The van der Waals surface area contributed by atoms with Crippen LogP contribution in [-0.2, 0) is 30.3 Å². The van der Waals surface area contributed by atoms with Crippen LogP contribution in [0.2, 0.25) is 0 Å². The summed E-state index contributed by atoms with van der Waals surface area (Å²) in [5.41, 5.74) is 0.00247. The minimum atomic E-state index is -1.04. The summed E-state index contributed by atoms with van der Waals surface area (Å²) >= 11 is 0. The van der Waals surface area contributed by atoms with Gasteiger partial charge in [0.1, 0.15) is 35.2 Å². The van der Waals surface area contributed by atoms with Gasteiger partial charge in [-0.1, -0.05) is 30.3 Å². The summed E-state index contributed by atoms with van der Waals surface area (Å²) in [6.45, 7) is 8.06. The Morgan fingerprint density at radius 3 is 1.95 bits per heavy atom. The van der Waals surface area contributed by atoms with Gasteiger partial charge in [0.2, 0.25) is 11.8 Å². The molecule has 0 unspecified atom stereocenters. The molecule has 0 bridgehead atoms. The van der Waals surface area contributed by atoms with Crippen molar-refractivity contribution in [2.75, 3.05) is 7.11 Å². The number of hydrogen-bond acceptors (Lipinski definition) is 7. The van der Waals surface area contributed by atoms with Crippen LogP contribution in [0.1, 0.15) is 40.2 Å². The third-order valence-corrected chi connectivity index (χ3v) is 5.02. The lowest BCUT2D eigenvalue weighted by Gasteiger charge is -2.24. The number of rotatable bonds is 10. The number of para-hydroxylation sites is 1. The molecule has 2 rings (SSSR count). The van der Waals surface area contributed by atoms with Gasteiger partial charge in [0.15, 0.2) is 0 Å². The van der Waals surface area contributed by atoms with Crippen molar-refractivity contribution < 1.29 is 33.4 Å². The molecule has 0 radical (unpaired) electrons. The minimum Gasteiger partial charge on any atom is -0.467 e. The maximum atomic E-state index is 13.0. The molecule has 2 aromatic rings. The Hall–Kier alpha value is -4.08. The minimum absolute atomic E-state index is 0.121. The van der Waals surface area contributed by atoms with E-state index in [4.69, 9.17) is 9.47 Å². The molecule has 37 heavy (non-hydrogen) atoms. The molecule has 0 spiro atoms. The van der Waals surface area contributed by atoms with Gasteiger partial charge in [-0.25, -0.2) is 9.59 Å². The molecule has 0 aliphatic rings. The summed E-state index contributed by atoms with van der Waals surface area (Å²) in [6.07, 6.45) is -0.638. The summed E-state index contributed by atoms with van der Waals surface area (Å²) in [4.78, 5) is 49.6. The van der Waals surface area contributed by atoms with Crippen LogP contribution in [0, 0.1) is 0 Å². The molecule has 0 aliphatic heterocycles. The lowest BCUT2D eigenvalue weighted by atomic mass is 10.0. The van der Waals surface area contributed by atoms with Crippen molar-refractivity contribution in [3.63, 3.8) is 0 Å². The van der Waals surface area contributed by atoms with Gasteiger partial charge in [0.25, 0.3) is 0 Å². The van der Waals surface area contributed by atoms with Crippen LogP contribution in [0.25, 0.3) is 0 Å². The molecule has 3 atom stereocenters. The number of alkyl carbamates (subject to hydrolysis) is 1. The zero-order valence-corrected chi connectivity index (χ0v) is 22.0. The molecule has 0 saturated heterocycles. The average Bonchev–Trinajstić information content (AvgIpc) is 2.83. The number of benzene rings is 2. The van der Waals surface area contributed by atoms with E-state index in [1.165, 1.54) is 21.0 Å². The molecule has 3 N–H and O–H groups in total. The Bertz CT molecular complexity index is 1070. The highest BCUT2D eigenvalue weighted by Crippen LogP contribution is 2.21. The van der Waals surface area contributed by atoms with Crippen LogP contribution in [0.4, 0.5) is 4.79 Å². The van der Waals surface area contributed by atoms with Crippen molar-refractivity contribution in [2.24, 2.45) is 0 Å². The largest absolute Gasteiger partial charge is 0.467 e. The number of carbonyl (C=O) groups is 4. The monoisotopic (exact) mass is 513 g/mol. The molecule has 10 heteroatoms. The SMILES string of the molecule is COC(=O)[C@H](C)NC(=O)[C@H](Cc1ccc(Oc2ccccc2)cc1)NC(=O)[C@H](C)NC(=O)OC(C)(C)C. The first-order valence-corrected chi connectivity index (χ1v) is 11.9. The molecule has 0 fully saturated rings. The predicted molar refractivity (Wildman–Crippen MR) is 137 cm³/mol. The van der Waals surface area contributed by atoms with Gasteiger partial charge in [0, 0.05) is 6.42 Å². The van der Waals surface area contributed by atoms with E-state index in [1.807, 2.05) is 30.3 Å². The van der Waals surface area contributed by atoms with E-state index in [9.17, 15) is 19.2 Å². The van der Waals surface area contributed by atoms with Crippen molar-refractivity contribution in [1.82, 2.24) is 16.0 Å². The Kier molecular flexibility index (Phi) is 10.5. The number of ether oxygens (including phenoxy) is 3. The van der Waals surface area contributed by atoms with Crippen molar-refractivity contribution >= 4 is 23.9 Å². The molecular formula is C27H35N3O7. The van der Waals surface area contributed by atoms with E-state index in [2.05, 4.69) is 20.7 Å². The normalized spacial score (nSPS) is 13.4. The molecule has 0 heterocycles. The number of carbonyl (C=O) groups excluding carboxylic acids is 4. The summed E-state index contributed by atoms with van der Waals surface area (Å²) in [6, 6.07) is 13.4. The highest BCUT2D eigenvalue weighted by Gasteiger charge is 2.28. The van der Waals surface area contributed by atoms with Crippen LogP contribution in [0.3, 0.4) is 0 Å². The van der Waals surface area contributed by atoms with Crippen molar-refractivity contribution in [1.29, 1.82) is 0 Å². The summed E-state index contributed by atoms with van der Waals surface area (Å²) in [5, 5.41) is 7.64. The lowest BCUT2D eigenvalue weighted by molar-refractivity contribution is -0.144. The van der Waals surface area contributed by atoms with Gasteiger partial charge in [0.05, 0.1) is 7.11 Å². The second-order valence-electron chi connectivity index (χ2n) is 9.45. The molecule has 0 saturated carbocycles. The standard InChI is InChI=1S/C27H35N3O7/c1-17(29-26(34)37-27(3,4)5)23(31)30-22(24(32)28-18(2)25(33)35-6)16-19-12-14-21(15-13-19)36-20-10-8-7-9-11-20/h7-15,17-18,22H,16H2,1-6H3,(H,28,32)(H,29,34)(H,30,31)/t17-,18-,22-/m0/s1. The number of esters is 1. The fraction of sp³-hybridized carbons (Fsp3) is 0.407. The van der Waals surface area contributed by atoms with E-state index < -0.39 is 47.6 Å². The topological polar surface area (TPSA) is 132 Å². The Balaban J connectivity index is 2.12. The first-order chi connectivity index (χ1) is 17.4. The summed E-state index contributed by atoms with van der Waals surface area (Å²) in [7, 11) is 1.22. The van der Waals surface area contributed by atoms with E-state index in [1.54, 1.807) is 45.0 Å². The number of nitrogens with one attached hydrogen (secondary N) is 3. The number of methoxy groups -OCH3 is 1. The van der Waals surface area contributed by atoms with Gasteiger partial charge >= 0.3 is 12.1 Å². The smallest absolute Gasteiger partial charge is 0.408 e.